The normalized spacial score (nSPS) is 31.4. The van der Waals surface area contributed by atoms with Gasteiger partial charge in [0.05, 0.1) is 6.21 Å². The standard InChI is InChI=1S/C17H25NO2/c1-17(2)13-5-4-12(16(17)8-13)9-18-10-14-6-7-15(20-14)11-19-3/h6-7,10,12-13,16H,4-5,8-9,11H2,1-3H3. The molecule has 0 aromatic carbocycles. The highest BCUT2D eigenvalue weighted by Gasteiger charge is 2.53. The van der Waals surface area contributed by atoms with Crippen LogP contribution in [0.15, 0.2) is 21.5 Å². The molecule has 0 aliphatic heterocycles. The summed E-state index contributed by atoms with van der Waals surface area (Å²) in [6.45, 7) is 6.34. The molecule has 1 heterocycles. The van der Waals surface area contributed by atoms with Crippen LogP contribution in [0.5, 0.6) is 0 Å². The third-order valence-electron chi connectivity index (χ3n) is 5.53. The molecule has 3 aliphatic rings. The summed E-state index contributed by atoms with van der Waals surface area (Å²) in [7, 11) is 1.67. The number of nitrogens with zero attached hydrogens (tertiary/aromatic N) is 1. The first kappa shape index (κ1) is 13.9. The molecule has 0 N–H and O–H groups in total. The van der Waals surface area contributed by atoms with E-state index in [2.05, 4.69) is 18.8 Å². The zero-order chi connectivity index (χ0) is 14.2. The molecule has 3 saturated carbocycles. The van der Waals surface area contributed by atoms with E-state index in [0.717, 1.165) is 35.8 Å². The van der Waals surface area contributed by atoms with Crippen LogP contribution in [0.1, 0.15) is 44.6 Å². The molecule has 3 atom stereocenters. The Bertz CT molecular complexity index is 487. The molecule has 3 heteroatoms. The number of rotatable bonds is 5. The monoisotopic (exact) mass is 275 g/mol. The fourth-order valence-electron chi connectivity index (χ4n) is 4.14. The van der Waals surface area contributed by atoms with Gasteiger partial charge in [0.25, 0.3) is 0 Å². The predicted molar refractivity (Wildman–Crippen MR) is 80.0 cm³/mol. The molecule has 3 aliphatic carbocycles. The van der Waals surface area contributed by atoms with E-state index in [1.807, 2.05) is 18.3 Å². The zero-order valence-electron chi connectivity index (χ0n) is 12.8. The van der Waals surface area contributed by atoms with Gasteiger partial charge < -0.3 is 9.15 Å². The Hall–Kier alpha value is -1.09. The van der Waals surface area contributed by atoms with Gasteiger partial charge in [0.2, 0.25) is 0 Å². The van der Waals surface area contributed by atoms with Crippen LogP contribution in [0, 0.1) is 23.2 Å². The van der Waals surface area contributed by atoms with Crippen molar-refractivity contribution in [3.63, 3.8) is 0 Å². The predicted octanol–water partition coefficient (Wildman–Crippen LogP) is 3.92. The maximum atomic E-state index is 5.62. The van der Waals surface area contributed by atoms with Crippen LogP contribution in [0.25, 0.3) is 0 Å². The van der Waals surface area contributed by atoms with Gasteiger partial charge in [-0.05, 0) is 54.6 Å². The second-order valence-electron chi connectivity index (χ2n) is 6.93. The van der Waals surface area contributed by atoms with Crippen LogP contribution >= 0.6 is 0 Å². The summed E-state index contributed by atoms with van der Waals surface area (Å²) >= 11 is 0. The molecule has 20 heavy (non-hydrogen) atoms. The Balaban J connectivity index is 1.55. The third-order valence-corrected chi connectivity index (χ3v) is 5.53. The molecule has 4 rings (SSSR count). The minimum absolute atomic E-state index is 0.522. The molecule has 2 bridgehead atoms. The van der Waals surface area contributed by atoms with Crippen molar-refractivity contribution < 1.29 is 9.15 Å². The average molecular weight is 275 g/mol. The van der Waals surface area contributed by atoms with Crippen molar-refractivity contribution >= 4 is 6.21 Å². The van der Waals surface area contributed by atoms with Crippen LogP contribution in [0.4, 0.5) is 0 Å². The summed E-state index contributed by atoms with van der Waals surface area (Å²) in [4.78, 5) is 4.62. The largest absolute Gasteiger partial charge is 0.458 e. The van der Waals surface area contributed by atoms with E-state index in [-0.39, 0.29) is 0 Å². The molecule has 0 radical (unpaired) electrons. The zero-order valence-corrected chi connectivity index (χ0v) is 12.8. The van der Waals surface area contributed by atoms with Crippen LogP contribution in [-0.4, -0.2) is 19.9 Å². The van der Waals surface area contributed by atoms with Gasteiger partial charge in [0, 0.05) is 13.7 Å². The lowest BCUT2D eigenvalue weighted by Gasteiger charge is -2.60. The van der Waals surface area contributed by atoms with Crippen LogP contribution in [-0.2, 0) is 11.3 Å². The Labute approximate surface area is 121 Å². The van der Waals surface area contributed by atoms with E-state index in [1.165, 1.54) is 19.3 Å². The number of fused-ring (bicyclic) bond motifs is 2. The molecule has 3 fully saturated rings. The van der Waals surface area contributed by atoms with E-state index in [4.69, 9.17) is 9.15 Å². The Kier molecular flexibility index (Phi) is 3.72. The number of methoxy groups -OCH3 is 1. The minimum atomic E-state index is 0.522. The average Bonchev–Trinajstić information content (AvgIpc) is 2.87. The molecule has 110 valence electrons. The van der Waals surface area contributed by atoms with Gasteiger partial charge in [0.15, 0.2) is 0 Å². The molecule has 0 saturated heterocycles. The summed E-state index contributed by atoms with van der Waals surface area (Å²) in [5.74, 6) is 4.29. The number of hydrogen-bond donors (Lipinski definition) is 0. The molecular weight excluding hydrogens is 250 g/mol. The molecule has 1 aromatic rings. The fourth-order valence-corrected chi connectivity index (χ4v) is 4.14. The maximum absolute atomic E-state index is 5.62. The molecule has 0 amide bonds. The molecule has 1 aromatic heterocycles. The summed E-state index contributed by atoms with van der Waals surface area (Å²) < 4.78 is 10.7. The Morgan fingerprint density at radius 3 is 2.95 bits per heavy atom. The van der Waals surface area contributed by atoms with Crippen molar-refractivity contribution in [2.75, 3.05) is 13.7 Å². The Morgan fingerprint density at radius 2 is 2.25 bits per heavy atom. The summed E-state index contributed by atoms with van der Waals surface area (Å²) in [5.41, 5.74) is 0.550. The number of furan rings is 1. The SMILES string of the molecule is COCc1ccc(C=NCC2CCC3CC2C3(C)C)o1. The van der Waals surface area contributed by atoms with Crippen LogP contribution in [0.3, 0.4) is 0 Å². The highest BCUT2D eigenvalue weighted by molar-refractivity contribution is 5.75. The van der Waals surface area contributed by atoms with Gasteiger partial charge in [0.1, 0.15) is 18.1 Å². The summed E-state index contributed by atoms with van der Waals surface area (Å²) in [6, 6.07) is 3.91. The van der Waals surface area contributed by atoms with Gasteiger partial charge in [-0.25, -0.2) is 0 Å². The second-order valence-corrected chi connectivity index (χ2v) is 6.93. The van der Waals surface area contributed by atoms with E-state index in [1.54, 1.807) is 7.11 Å². The number of ether oxygens (including phenoxy) is 1. The number of hydrogen-bond acceptors (Lipinski definition) is 3. The van der Waals surface area contributed by atoms with Crippen molar-refractivity contribution in [2.45, 2.75) is 39.7 Å². The van der Waals surface area contributed by atoms with Gasteiger partial charge in [-0.3, -0.25) is 4.99 Å². The molecule has 3 unspecified atom stereocenters. The lowest BCUT2D eigenvalue weighted by molar-refractivity contribution is -0.101. The second kappa shape index (κ2) is 5.36. The lowest BCUT2D eigenvalue weighted by Crippen LogP contribution is -2.53. The van der Waals surface area contributed by atoms with Crippen molar-refractivity contribution in [1.82, 2.24) is 0 Å². The molecular formula is C17H25NO2. The third kappa shape index (κ3) is 2.44. The van der Waals surface area contributed by atoms with E-state index >= 15 is 0 Å². The van der Waals surface area contributed by atoms with Crippen molar-refractivity contribution in [2.24, 2.45) is 28.2 Å². The first-order valence-corrected chi connectivity index (χ1v) is 7.68. The van der Waals surface area contributed by atoms with E-state index in [9.17, 15) is 0 Å². The van der Waals surface area contributed by atoms with E-state index < -0.39 is 0 Å². The van der Waals surface area contributed by atoms with Gasteiger partial charge >= 0.3 is 0 Å². The molecule has 3 nitrogen and oxygen atoms in total. The van der Waals surface area contributed by atoms with Gasteiger partial charge in [-0.1, -0.05) is 13.8 Å². The smallest absolute Gasteiger partial charge is 0.144 e. The highest BCUT2D eigenvalue weighted by atomic mass is 16.5. The van der Waals surface area contributed by atoms with Crippen molar-refractivity contribution in [3.8, 4) is 0 Å². The molecule has 0 spiro atoms. The highest BCUT2D eigenvalue weighted by Crippen LogP contribution is 2.61. The quantitative estimate of drug-likeness (QED) is 0.763. The Morgan fingerprint density at radius 1 is 1.40 bits per heavy atom. The van der Waals surface area contributed by atoms with Gasteiger partial charge in [-0.2, -0.15) is 0 Å². The van der Waals surface area contributed by atoms with Crippen LogP contribution < -0.4 is 0 Å². The first-order chi connectivity index (χ1) is 9.61. The topological polar surface area (TPSA) is 34.7 Å². The summed E-state index contributed by atoms with van der Waals surface area (Å²) in [6.07, 6.45) is 6.04. The van der Waals surface area contributed by atoms with Crippen LogP contribution in [0.2, 0.25) is 0 Å². The maximum Gasteiger partial charge on any atom is 0.144 e. The van der Waals surface area contributed by atoms with Crippen molar-refractivity contribution in [1.29, 1.82) is 0 Å². The minimum Gasteiger partial charge on any atom is -0.458 e. The number of aliphatic imine (C=N–C) groups is 1. The fraction of sp³-hybridized carbons (Fsp3) is 0.706. The lowest BCUT2D eigenvalue weighted by atomic mass is 9.45. The summed E-state index contributed by atoms with van der Waals surface area (Å²) in [5, 5.41) is 0. The van der Waals surface area contributed by atoms with Gasteiger partial charge in [-0.15, -0.1) is 0 Å². The first-order valence-electron chi connectivity index (χ1n) is 7.68. The van der Waals surface area contributed by atoms with Crippen molar-refractivity contribution in [3.05, 3.63) is 23.7 Å². The van der Waals surface area contributed by atoms with E-state index in [0.29, 0.717) is 12.0 Å².